The van der Waals surface area contributed by atoms with Crippen LogP contribution in [0.1, 0.15) is 10.4 Å². The van der Waals surface area contributed by atoms with Crippen molar-refractivity contribution in [3.63, 3.8) is 0 Å². The second-order valence-electron chi connectivity index (χ2n) is 4.35. The van der Waals surface area contributed by atoms with Gasteiger partial charge in [-0.3, -0.25) is 13.9 Å². The number of rotatable bonds is 4. The van der Waals surface area contributed by atoms with Crippen molar-refractivity contribution < 1.29 is 9.53 Å². The molecule has 1 heterocycles. The Labute approximate surface area is 110 Å². The molecular weight excluding hydrogens is 246 g/mol. The summed E-state index contributed by atoms with van der Waals surface area (Å²) < 4.78 is 7.96. The zero-order chi connectivity index (χ0) is 14.0. The Balaban J connectivity index is 2.34. The average molecular weight is 263 g/mol. The zero-order valence-electron chi connectivity index (χ0n) is 11.3. The molecule has 1 aromatic heterocycles. The molecule has 0 saturated carbocycles. The molecule has 102 valence electrons. The molecule has 0 aliphatic heterocycles. The van der Waals surface area contributed by atoms with E-state index in [2.05, 4.69) is 5.32 Å². The first-order chi connectivity index (χ1) is 9.06. The van der Waals surface area contributed by atoms with E-state index in [1.807, 2.05) is 0 Å². The number of hydrogen-bond acceptors (Lipinski definition) is 3. The lowest BCUT2D eigenvalue weighted by Gasteiger charge is -2.05. The minimum Gasteiger partial charge on any atom is -0.383 e. The summed E-state index contributed by atoms with van der Waals surface area (Å²) in [6, 6.07) is 5.21. The van der Waals surface area contributed by atoms with Gasteiger partial charge in [0.2, 0.25) is 0 Å². The zero-order valence-corrected chi connectivity index (χ0v) is 11.3. The average Bonchev–Trinajstić information content (AvgIpc) is 2.64. The molecule has 6 nitrogen and oxygen atoms in total. The minimum absolute atomic E-state index is 0.105. The number of aryl methyl sites for hydroxylation is 2. The summed E-state index contributed by atoms with van der Waals surface area (Å²) in [6.45, 7) is 0.929. The van der Waals surface area contributed by atoms with Crippen LogP contribution in [0.4, 0.5) is 0 Å². The maximum atomic E-state index is 11.9. The Bertz CT molecular complexity index is 670. The quantitative estimate of drug-likeness (QED) is 0.804. The molecule has 0 spiro atoms. The Morgan fingerprint density at radius 2 is 1.95 bits per heavy atom. The summed E-state index contributed by atoms with van der Waals surface area (Å²) in [5, 5.41) is 2.75. The van der Waals surface area contributed by atoms with Crippen molar-refractivity contribution in [2.45, 2.75) is 0 Å². The second kappa shape index (κ2) is 5.27. The van der Waals surface area contributed by atoms with Gasteiger partial charge >= 0.3 is 5.69 Å². The SMILES string of the molecule is COCCNC(=O)c1ccc2c(c1)n(C)c(=O)n2C. The number of ether oxygens (including phenoxy) is 1. The van der Waals surface area contributed by atoms with Gasteiger partial charge in [0, 0.05) is 33.3 Å². The number of nitrogens with zero attached hydrogens (tertiary/aromatic N) is 2. The Kier molecular flexibility index (Phi) is 3.71. The van der Waals surface area contributed by atoms with Crippen LogP contribution >= 0.6 is 0 Å². The van der Waals surface area contributed by atoms with Gasteiger partial charge in [-0.25, -0.2) is 4.79 Å². The van der Waals surface area contributed by atoms with E-state index in [1.165, 1.54) is 4.57 Å². The summed E-state index contributed by atoms with van der Waals surface area (Å²) in [5.41, 5.74) is 1.98. The number of carbonyl (C=O) groups is 1. The third kappa shape index (κ3) is 2.39. The number of carbonyl (C=O) groups excluding carboxylic acids is 1. The predicted molar refractivity (Wildman–Crippen MR) is 72.4 cm³/mol. The van der Waals surface area contributed by atoms with Gasteiger partial charge in [-0.2, -0.15) is 0 Å². The fourth-order valence-electron chi connectivity index (χ4n) is 2.02. The molecule has 1 amide bonds. The lowest BCUT2D eigenvalue weighted by Crippen LogP contribution is -2.26. The van der Waals surface area contributed by atoms with E-state index in [9.17, 15) is 9.59 Å². The minimum atomic E-state index is -0.171. The van der Waals surface area contributed by atoms with Crippen LogP contribution in [-0.2, 0) is 18.8 Å². The summed E-state index contributed by atoms with van der Waals surface area (Å²) >= 11 is 0. The molecule has 0 atom stereocenters. The van der Waals surface area contributed by atoms with E-state index >= 15 is 0 Å². The second-order valence-corrected chi connectivity index (χ2v) is 4.35. The van der Waals surface area contributed by atoms with Gasteiger partial charge in [-0.15, -0.1) is 0 Å². The number of benzene rings is 1. The van der Waals surface area contributed by atoms with Gasteiger partial charge in [-0.05, 0) is 18.2 Å². The highest BCUT2D eigenvalue weighted by Gasteiger charge is 2.11. The number of aromatic nitrogens is 2. The first-order valence-corrected chi connectivity index (χ1v) is 5.99. The highest BCUT2D eigenvalue weighted by Crippen LogP contribution is 2.13. The van der Waals surface area contributed by atoms with Gasteiger partial charge in [0.1, 0.15) is 0 Å². The highest BCUT2D eigenvalue weighted by molar-refractivity contribution is 5.97. The van der Waals surface area contributed by atoms with Crippen molar-refractivity contribution in [3.8, 4) is 0 Å². The summed E-state index contributed by atoms with van der Waals surface area (Å²) in [5.74, 6) is -0.171. The van der Waals surface area contributed by atoms with Crippen molar-refractivity contribution in [3.05, 3.63) is 34.2 Å². The van der Waals surface area contributed by atoms with Crippen LogP contribution in [-0.4, -0.2) is 35.3 Å². The molecule has 0 aliphatic carbocycles. The van der Waals surface area contributed by atoms with Gasteiger partial charge in [0.15, 0.2) is 0 Å². The number of fused-ring (bicyclic) bond motifs is 1. The van der Waals surface area contributed by atoms with E-state index in [0.717, 1.165) is 11.0 Å². The lowest BCUT2D eigenvalue weighted by molar-refractivity contribution is 0.0937. The van der Waals surface area contributed by atoms with Crippen LogP contribution in [0, 0.1) is 0 Å². The van der Waals surface area contributed by atoms with E-state index in [-0.39, 0.29) is 11.6 Å². The predicted octanol–water partition coefficient (Wildman–Crippen LogP) is 0.253. The molecule has 1 N–H and O–H groups in total. The van der Waals surface area contributed by atoms with E-state index in [0.29, 0.717) is 18.7 Å². The third-order valence-electron chi connectivity index (χ3n) is 3.13. The molecule has 2 rings (SSSR count). The molecule has 2 aromatic rings. The maximum absolute atomic E-state index is 11.9. The first-order valence-electron chi connectivity index (χ1n) is 5.99. The number of amides is 1. The highest BCUT2D eigenvalue weighted by atomic mass is 16.5. The van der Waals surface area contributed by atoms with Crippen LogP contribution in [0.25, 0.3) is 11.0 Å². The fourth-order valence-corrected chi connectivity index (χ4v) is 2.02. The number of imidazole rings is 1. The first kappa shape index (κ1) is 13.4. The van der Waals surface area contributed by atoms with Crippen LogP contribution in [0.15, 0.2) is 23.0 Å². The van der Waals surface area contributed by atoms with Crippen LogP contribution < -0.4 is 11.0 Å². The molecule has 0 radical (unpaired) electrons. The lowest BCUT2D eigenvalue weighted by atomic mass is 10.2. The van der Waals surface area contributed by atoms with Crippen molar-refractivity contribution in [1.29, 1.82) is 0 Å². The summed E-state index contributed by atoms with van der Waals surface area (Å²) in [4.78, 5) is 23.7. The molecule has 19 heavy (non-hydrogen) atoms. The standard InChI is InChI=1S/C13H17N3O3/c1-15-10-5-4-9(12(17)14-6-7-19-3)8-11(10)16(2)13(15)18/h4-5,8H,6-7H2,1-3H3,(H,14,17). The topological polar surface area (TPSA) is 65.3 Å². The number of methoxy groups -OCH3 is 1. The normalized spacial score (nSPS) is 10.9. The molecule has 1 aromatic carbocycles. The molecule has 6 heteroatoms. The monoisotopic (exact) mass is 263 g/mol. The van der Waals surface area contributed by atoms with Crippen LogP contribution in [0.2, 0.25) is 0 Å². The van der Waals surface area contributed by atoms with Crippen LogP contribution in [0.5, 0.6) is 0 Å². The van der Waals surface area contributed by atoms with Gasteiger partial charge in [0.25, 0.3) is 5.91 Å². The van der Waals surface area contributed by atoms with Crippen LogP contribution in [0.3, 0.4) is 0 Å². The molecule has 0 fully saturated rings. The Morgan fingerprint density at radius 1 is 1.26 bits per heavy atom. The Hall–Kier alpha value is -2.08. The van der Waals surface area contributed by atoms with Crippen molar-refractivity contribution in [2.75, 3.05) is 20.3 Å². The number of hydrogen-bond donors (Lipinski definition) is 1. The molecule has 0 bridgehead atoms. The van der Waals surface area contributed by atoms with Gasteiger partial charge < -0.3 is 10.1 Å². The van der Waals surface area contributed by atoms with E-state index in [1.54, 1.807) is 44.0 Å². The largest absolute Gasteiger partial charge is 0.383 e. The van der Waals surface area contributed by atoms with Crippen molar-refractivity contribution in [1.82, 2.24) is 14.5 Å². The van der Waals surface area contributed by atoms with Gasteiger partial charge in [0.05, 0.1) is 17.6 Å². The smallest absolute Gasteiger partial charge is 0.328 e. The molecule has 0 saturated heterocycles. The Morgan fingerprint density at radius 3 is 2.63 bits per heavy atom. The van der Waals surface area contributed by atoms with E-state index < -0.39 is 0 Å². The summed E-state index contributed by atoms with van der Waals surface area (Å²) in [6.07, 6.45) is 0. The third-order valence-corrected chi connectivity index (χ3v) is 3.13. The van der Waals surface area contributed by atoms with Gasteiger partial charge in [-0.1, -0.05) is 0 Å². The summed E-state index contributed by atoms with van der Waals surface area (Å²) in [7, 11) is 4.98. The van der Waals surface area contributed by atoms with Crippen molar-refractivity contribution >= 4 is 16.9 Å². The molecular formula is C13H17N3O3. The number of nitrogens with one attached hydrogen (secondary N) is 1. The molecule has 0 aliphatic rings. The van der Waals surface area contributed by atoms with E-state index in [4.69, 9.17) is 4.74 Å². The fraction of sp³-hybridized carbons (Fsp3) is 0.385. The van der Waals surface area contributed by atoms with Crippen molar-refractivity contribution in [2.24, 2.45) is 14.1 Å². The maximum Gasteiger partial charge on any atom is 0.328 e. The molecule has 0 unspecified atom stereocenters.